The van der Waals surface area contributed by atoms with E-state index in [1.165, 1.54) is 55.5 Å². The van der Waals surface area contributed by atoms with Gasteiger partial charge in [-0.15, -0.1) is 0 Å². The van der Waals surface area contributed by atoms with Crippen LogP contribution in [0, 0.1) is 5.92 Å². The second-order valence-corrected chi connectivity index (χ2v) is 17.2. The maximum atomic E-state index is 14.4. The number of likely N-dealkylation sites (tertiary alicyclic amines) is 3. The Bertz CT molecular complexity index is 1560. The number of hydrogen-bond donors (Lipinski definition) is 1. The van der Waals surface area contributed by atoms with Crippen molar-refractivity contribution in [1.82, 2.24) is 19.6 Å². The molecule has 8 heteroatoms. The summed E-state index contributed by atoms with van der Waals surface area (Å²) in [6.45, 7) is 15.1. The Hall–Kier alpha value is -3.39. The number of benzene rings is 2. The zero-order valence-electron chi connectivity index (χ0n) is 31.0. The molecule has 1 unspecified atom stereocenters. The van der Waals surface area contributed by atoms with Crippen LogP contribution in [0.2, 0.25) is 0 Å². The fourth-order valence-electron chi connectivity index (χ4n) is 9.57. The summed E-state index contributed by atoms with van der Waals surface area (Å²) in [5, 5.41) is 3.05. The topological polar surface area (TPSA) is 76.2 Å². The first-order valence-electron chi connectivity index (χ1n) is 19.6. The predicted octanol–water partition coefficient (Wildman–Crippen LogP) is 7.10. The number of para-hydroxylation sites is 1. The first-order valence-corrected chi connectivity index (χ1v) is 19.6. The summed E-state index contributed by atoms with van der Waals surface area (Å²) < 4.78 is 0. The highest BCUT2D eigenvalue weighted by molar-refractivity contribution is 5.92. The van der Waals surface area contributed by atoms with Crippen molar-refractivity contribution < 1.29 is 14.4 Å². The SMILES string of the molecule is CC1(C)CCC(C)(C)c2cc(CC(CC(=O)N3CCC(N4Cc5ccccc5NC4=O)CC3)C(=O)N3CCC(N4CCCCC4)CC3)ccc21. The molecular formula is C42H59N5O3. The third kappa shape index (κ3) is 7.33. The third-order valence-corrected chi connectivity index (χ3v) is 13.0. The van der Waals surface area contributed by atoms with Crippen LogP contribution in [0.15, 0.2) is 42.5 Å². The lowest BCUT2D eigenvalue weighted by atomic mass is 9.63. The molecule has 2 aromatic carbocycles. The normalized spacial score (nSPS) is 23.5. The standard InChI is InChI=1S/C42H59N5O3/c1-41(2)18-19-42(3,4)36-27-30(12-13-35(36)41)26-32(39(49)46-24-14-33(15-25-46)44-20-8-5-9-21-44)28-38(48)45-22-16-34(17-23-45)47-29-31-10-6-7-11-37(31)43-40(47)50/h6-7,10-13,27,32-34H,5,8-9,14-26,28-29H2,1-4H3,(H,43,50). The van der Waals surface area contributed by atoms with Crippen LogP contribution in [-0.2, 0) is 33.4 Å². The molecule has 0 saturated carbocycles. The molecular weight excluding hydrogens is 622 g/mol. The van der Waals surface area contributed by atoms with Gasteiger partial charge in [-0.25, -0.2) is 4.79 Å². The van der Waals surface area contributed by atoms with E-state index in [0.717, 1.165) is 56.4 Å². The summed E-state index contributed by atoms with van der Waals surface area (Å²) in [6.07, 6.45) is 10.6. The Labute approximate surface area is 299 Å². The van der Waals surface area contributed by atoms with E-state index in [2.05, 4.69) is 67.1 Å². The maximum Gasteiger partial charge on any atom is 0.322 e. The van der Waals surface area contributed by atoms with Gasteiger partial charge in [0.15, 0.2) is 0 Å². The molecule has 3 fully saturated rings. The number of urea groups is 1. The fraction of sp³-hybridized carbons (Fsp3) is 0.643. The van der Waals surface area contributed by atoms with Crippen molar-refractivity contribution >= 4 is 23.5 Å². The number of amides is 4. The Balaban J connectivity index is 1.04. The highest BCUT2D eigenvalue weighted by atomic mass is 16.2. The fourth-order valence-corrected chi connectivity index (χ4v) is 9.57. The minimum Gasteiger partial charge on any atom is -0.343 e. The van der Waals surface area contributed by atoms with Crippen LogP contribution in [0.4, 0.5) is 10.5 Å². The summed E-state index contributed by atoms with van der Waals surface area (Å²) in [5.41, 5.74) is 6.23. The van der Waals surface area contributed by atoms with Gasteiger partial charge in [-0.05, 0) is 110 Å². The quantitative estimate of drug-likeness (QED) is 0.339. The van der Waals surface area contributed by atoms with Gasteiger partial charge in [0, 0.05) is 56.9 Å². The highest BCUT2D eigenvalue weighted by Gasteiger charge is 2.39. The number of piperidine rings is 3. The number of carbonyl (C=O) groups is 3. The van der Waals surface area contributed by atoms with Crippen LogP contribution in [-0.4, -0.2) is 88.8 Å². The Morgan fingerprint density at radius 2 is 1.42 bits per heavy atom. The molecule has 1 aliphatic carbocycles. The molecule has 0 bridgehead atoms. The number of nitrogens with one attached hydrogen (secondary N) is 1. The average Bonchev–Trinajstić information content (AvgIpc) is 3.13. The molecule has 1 atom stereocenters. The van der Waals surface area contributed by atoms with Gasteiger partial charge in [-0.3, -0.25) is 9.59 Å². The van der Waals surface area contributed by atoms with Gasteiger partial charge in [0.1, 0.15) is 0 Å². The summed E-state index contributed by atoms with van der Waals surface area (Å²) in [7, 11) is 0. The lowest BCUT2D eigenvalue weighted by Crippen LogP contribution is -2.52. The van der Waals surface area contributed by atoms with E-state index in [1.54, 1.807) is 0 Å². The molecule has 2 aromatic rings. The molecule has 4 heterocycles. The molecule has 8 nitrogen and oxygen atoms in total. The minimum atomic E-state index is -0.381. The molecule has 0 spiro atoms. The zero-order valence-corrected chi connectivity index (χ0v) is 31.0. The van der Waals surface area contributed by atoms with Gasteiger partial charge in [-0.2, -0.15) is 0 Å². The molecule has 1 N–H and O–H groups in total. The number of nitrogens with zero attached hydrogens (tertiary/aromatic N) is 4. The third-order valence-electron chi connectivity index (χ3n) is 13.0. The highest BCUT2D eigenvalue weighted by Crippen LogP contribution is 2.46. The predicted molar refractivity (Wildman–Crippen MR) is 199 cm³/mol. The van der Waals surface area contributed by atoms with Crippen molar-refractivity contribution in [2.45, 2.75) is 128 Å². The van der Waals surface area contributed by atoms with Gasteiger partial charge >= 0.3 is 6.03 Å². The van der Waals surface area contributed by atoms with E-state index in [1.807, 2.05) is 28.0 Å². The van der Waals surface area contributed by atoms with E-state index >= 15 is 0 Å². The van der Waals surface area contributed by atoms with E-state index in [9.17, 15) is 14.4 Å². The van der Waals surface area contributed by atoms with Gasteiger partial charge < -0.3 is 24.9 Å². The Morgan fingerprint density at radius 1 is 0.780 bits per heavy atom. The number of anilines is 1. The van der Waals surface area contributed by atoms with Crippen LogP contribution in [0.1, 0.15) is 114 Å². The summed E-state index contributed by atoms with van der Waals surface area (Å²) in [6, 6.07) is 15.5. The zero-order chi connectivity index (χ0) is 35.0. The van der Waals surface area contributed by atoms with Crippen LogP contribution < -0.4 is 5.32 Å². The van der Waals surface area contributed by atoms with Crippen LogP contribution >= 0.6 is 0 Å². The second kappa shape index (κ2) is 14.3. The Morgan fingerprint density at radius 3 is 2.14 bits per heavy atom. The van der Waals surface area contributed by atoms with Crippen LogP contribution in [0.3, 0.4) is 0 Å². The summed E-state index contributed by atoms with van der Waals surface area (Å²) in [5.74, 6) is -0.168. The second-order valence-electron chi connectivity index (χ2n) is 17.2. The van der Waals surface area contributed by atoms with E-state index in [4.69, 9.17) is 0 Å². The van der Waals surface area contributed by atoms with Crippen LogP contribution in [0.5, 0.6) is 0 Å². The van der Waals surface area contributed by atoms with E-state index in [0.29, 0.717) is 32.1 Å². The molecule has 0 radical (unpaired) electrons. The van der Waals surface area contributed by atoms with Crippen molar-refractivity contribution in [2.24, 2.45) is 5.92 Å². The lowest BCUT2D eigenvalue weighted by Gasteiger charge is -2.42. The molecule has 4 amide bonds. The molecule has 0 aromatic heterocycles. The van der Waals surface area contributed by atoms with Crippen LogP contribution in [0.25, 0.3) is 0 Å². The van der Waals surface area contributed by atoms with E-state index < -0.39 is 0 Å². The number of fused-ring (bicyclic) bond motifs is 2. The Kier molecular flexibility index (Phi) is 10.0. The summed E-state index contributed by atoms with van der Waals surface area (Å²) in [4.78, 5) is 50.0. The van der Waals surface area contributed by atoms with Gasteiger partial charge in [0.25, 0.3) is 0 Å². The largest absolute Gasteiger partial charge is 0.343 e. The van der Waals surface area contributed by atoms with Crippen molar-refractivity contribution in [3.05, 3.63) is 64.7 Å². The minimum absolute atomic E-state index is 0.0557. The number of rotatable bonds is 7. The lowest BCUT2D eigenvalue weighted by molar-refractivity contribution is -0.143. The van der Waals surface area contributed by atoms with Crippen molar-refractivity contribution in [2.75, 3.05) is 44.6 Å². The number of hydrogen-bond acceptors (Lipinski definition) is 4. The van der Waals surface area contributed by atoms with Gasteiger partial charge in [-0.1, -0.05) is 70.5 Å². The van der Waals surface area contributed by atoms with E-state index in [-0.39, 0.29) is 47.1 Å². The molecule has 270 valence electrons. The van der Waals surface area contributed by atoms with Crippen molar-refractivity contribution in [3.63, 3.8) is 0 Å². The van der Waals surface area contributed by atoms with Gasteiger partial charge in [0.2, 0.25) is 11.8 Å². The molecule has 4 aliphatic heterocycles. The maximum absolute atomic E-state index is 14.4. The first kappa shape index (κ1) is 35.0. The molecule has 5 aliphatic rings. The molecule has 3 saturated heterocycles. The average molecular weight is 682 g/mol. The monoisotopic (exact) mass is 681 g/mol. The van der Waals surface area contributed by atoms with Crippen molar-refractivity contribution in [1.29, 1.82) is 0 Å². The number of carbonyl (C=O) groups excluding carboxylic acids is 3. The van der Waals surface area contributed by atoms with Gasteiger partial charge in [0.05, 0.1) is 5.92 Å². The molecule has 50 heavy (non-hydrogen) atoms. The first-order chi connectivity index (χ1) is 24.0. The van der Waals surface area contributed by atoms with Crippen molar-refractivity contribution in [3.8, 4) is 0 Å². The summed E-state index contributed by atoms with van der Waals surface area (Å²) >= 11 is 0. The smallest absolute Gasteiger partial charge is 0.322 e. The molecule has 7 rings (SSSR count).